The van der Waals surface area contributed by atoms with Crippen molar-refractivity contribution in [2.24, 2.45) is 0 Å². The zero-order valence-electron chi connectivity index (χ0n) is 10.8. The van der Waals surface area contributed by atoms with Crippen LogP contribution in [0.3, 0.4) is 0 Å². The van der Waals surface area contributed by atoms with E-state index in [1.807, 2.05) is 13.0 Å². The van der Waals surface area contributed by atoms with Gasteiger partial charge in [-0.25, -0.2) is 9.97 Å². The minimum absolute atomic E-state index is 0.330. The standard InChI is InChI=1S/C13H13FN4O2/c1-2-3-9-6-7-15-13(16-9)17-10-4-5-11(14)12(8-10)18(19)20/h4-8H,2-3H2,1H3,(H,15,16,17). The summed E-state index contributed by atoms with van der Waals surface area (Å²) in [7, 11) is 0. The van der Waals surface area contributed by atoms with Crippen LogP contribution in [0.5, 0.6) is 0 Å². The van der Waals surface area contributed by atoms with Crippen LogP contribution in [0, 0.1) is 15.9 Å². The fraction of sp³-hybridized carbons (Fsp3) is 0.231. The van der Waals surface area contributed by atoms with Gasteiger partial charge in [-0.3, -0.25) is 10.1 Å². The fourth-order valence-corrected chi connectivity index (χ4v) is 1.71. The molecule has 2 rings (SSSR count). The van der Waals surface area contributed by atoms with Gasteiger partial charge in [0.25, 0.3) is 0 Å². The van der Waals surface area contributed by atoms with E-state index >= 15 is 0 Å². The molecule has 20 heavy (non-hydrogen) atoms. The van der Waals surface area contributed by atoms with Gasteiger partial charge in [0.05, 0.1) is 4.92 Å². The fourth-order valence-electron chi connectivity index (χ4n) is 1.71. The van der Waals surface area contributed by atoms with Gasteiger partial charge >= 0.3 is 5.69 Å². The van der Waals surface area contributed by atoms with E-state index in [2.05, 4.69) is 15.3 Å². The molecule has 2 aromatic rings. The van der Waals surface area contributed by atoms with E-state index in [1.165, 1.54) is 6.07 Å². The van der Waals surface area contributed by atoms with Crippen molar-refractivity contribution >= 4 is 17.3 Å². The number of nitro groups is 1. The monoisotopic (exact) mass is 276 g/mol. The topological polar surface area (TPSA) is 81.0 Å². The van der Waals surface area contributed by atoms with Gasteiger partial charge in [0, 0.05) is 23.6 Å². The van der Waals surface area contributed by atoms with Crippen LogP contribution in [-0.4, -0.2) is 14.9 Å². The number of benzene rings is 1. The molecule has 0 radical (unpaired) electrons. The van der Waals surface area contributed by atoms with Crippen molar-refractivity contribution in [2.75, 3.05) is 5.32 Å². The third-order valence-electron chi connectivity index (χ3n) is 2.62. The van der Waals surface area contributed by atoms with Crippen molar-refractivity contribution < 1.29 is 9.31 Å². The maximum absolute atomic E-state index is 13.2. The highest BCUT2D eigenvalue weighted by Crippen LogP contribution is 2.23. The van der Waals surface area contributed by atoms with Crippen molar-refractivity contribution in [1.29, 1.82) is 0 Å². The number of halogens is 1. The highest BCUT2D eigenvalue weighted by molar-refractivity contribution is 5.57. The first-order valence-electron chi connectivity index (χ1n) is 6.13. The number of anilines is 2. The van der Waals surface area contributed by atoms with E-state index in [0.29, 0.717) is 11.6 Å². The lowest BCUT2D eigenvalue weighted by Crippen LogP contribution is -2.01. The Labute approximate surface area is 114 Å². The summed E-state index contributed by atoms with van der Waals surface area (Å²) in [6, 6.07) is 5.36. The third-order valence-corrected chi connectivity index (χ3v) is 2.62. The number of rotatable bonds is 5. The number of hydrogen-bond donors (Lipinski definition) is 1. The van der Waals surface area contributed by atoms with Crippen molar-refractivity contribution in [3.63, 3.8) is 0 Å². The Bertz CT molecular complexity index is 634. The van der Waals surface area contributed by atoms with Crippen LogP contribution in [-0.2, 0) is 6.42 Å². The number of nitrogens with zero attached hydrogens (tertiary/aromatic N) is 3. The number of aryl methyl sites for hydroxylation is 1. The second kappa shape index (κ2) is 6.05. The molecule has 0 unspecified atom stereocenters. The lowest BCUT2D eigenvalue weighted by atomic mass is 10.2. The molecular formula is C13H13FN4O2. The Morgan fingerprint density at radius 3 is 2.90 bits per heavy atom. The van der Waals surface area contributed by atoms with E-state index < -0.39 is 16.4 Å². The van der Waals surface area contributed by atoms with Gasteiger partial charge < -0.3 is 5.32 Å². The molecule has 1 aromatic carbocycles. The predicted molar refractivity (Wildman–Crippen MR) is 72.4 cm³/mol. The summed E-state index contributed by atoms with van der Waals surface area (Å²) in [5, 5.41) is 13.5. The van der Waals surface area contributed by atoms with E-state index in [-0.39, 0.29) is 0 Å². The molecule has 1 N–H and O–H groups in total. The minimum atomic E-state index is -0.874. The average molecular weight is 276 g/mol. The maximum atomic E-state index is 13.2. The molecule has 0 saturated carbocycles. The Balaban J connectivity index is 2.23. The molecule has 7 heteroatoms. The van der Waals surface area contributed by atoms with Crippen molar-refractivity contribution in [2.45, 2.75) is 19.8 Å². The molecule has 0 atom stereocenters. The Morgan fingerprint density at radius 1 is 1.40 bits per heavy atom. The van der Waals surface area contributed by atoms with Crippen LogP contribution < -0.4 is 5.32 Å². The van der Waals surface area contributed by atoms with Crippen molar-refractivity contribution in [1.82, 2.24) is 9.97 Å². The summed E-state index contributed by atoms with van der Waals surface area (Å²) in [4.78, 5) is 18.2. The molecule has 0 amide bonds. The van der Waals surface area contributed by atoms with E-state index in [4.69, 9.17) is 0 Å². The summed E-state index contributed by atoms with van der Waals surface area (Å²) in [5.74, 6) is -0.543. The lowest BCUT2D eigenvalue weighted by Gasteiger charge is -2.06. The number of nitro benzene ring substituents is 1. The second-order valence-electron chi connectivity index (χ2n) is 4.17. The molecule has 0 fully saturated rings. The minimum Gasteiger partial charge on any atom is -0.324 e. The molecule has 1 heterocycles. The number of aromatic nitrogens is 2. The quantitative estimate of drug-likeness (QED) is 0.669. The van der Waals surface area contributed by atoms with Gasteiger partial charge in [0.2, 0.25) is 11.8 Å². The van der Waals surface area contributed by atoms with Gasteiger partial charge in [-0.1, -0.05) is 13.3 Å². The third kappa shape index (κ3) is 3.25. The molecular weight excluding hydrogens is 263 g/mol. The summed E-state index contributed by atoms with van der Waals surface area (Å²) in [6.45, 7) is 2.04. The normalized spacial score (nSPS) is 10.3. The molecule has 0 bridgehead atoms. The molecule has 0 saturated heterocycles. The number of hydrogen-bond acceptors (Lipinski definition) is 5. The van der Waals surface area contributed by atoms with Crippen molar-refractivity contribution in [3.05, 3.63) is 52.1 Å². The summed E-state index contributed by atoms with van der Waals surface area (Å²) >= 11 is 0. The Morgan fingerprint density at radius 2 is 2.20 bits per heavy atom. The molecule has 104 valence electrons. The molecule has 0 spiro atoms. The maximum Gasteiger partial charge on any atom is 0.306 e. The van der Waals surface area contributed by atoms with Crippen molar-refractivity contribution in [3.8, 4) is 0 Å². The van der Waals surface area contributed by atoms with E-state index in [9.17, 15) is 14.5 Å². The van der Waals surface area contributed by atoms with Gasteiger partial charge in [0.1, 0.15) is 0 Å². The van der Waals surface area contributed by atoms with Gasteiger partial charge in [0.15, 0.2) is 0 Å². The van der Waals surface area contributed by atoms with Crippen LogP contribution in [0.4, 0.5) is 21.7 Å². The summed E-state index contributed by atoms with van der Waals surface area (Å²) in [6.07, 6.45) is 3.39. The van der Waals surface area contributed by atoms with Crippen LogP contribution in [0.1, 0.15) is 19.0 Å². The molecule has 0 aliphatic carbocycles. The Kier molecular flexibility index (Phi) is 4.19. The highest BCUT2D eigenvalue weighted by Gasteiger charge is 2.14. The molecule has 1 aromatic heterocycles. The van der Waals surface area contributed by atoms with E-state index in [1.54, 1.807) is 6.20 Å². The van der Waals surface area contributed by atoms with Crippen LogP contribution in [0.15, 0.2) is 30.5 Å². The summed E-state index contributed by atoms with van der Waals surface area (Å²) in [5.41, 5.74) is 0.660. The first-order valence-corrected chi connectivity index (χ1v) is 6.13. The second-order valence-corrected chi connectivity index (χ2v) is 4.17. The lowest BCUT2D eigenvalue weighted by molar-refractivity contribution is -0.387. The SMILES string of the molecule is CCCc1ccnc(Nc2ccc(F)c([N+](=O)[O-])c2)n1. The van der Waals surface area contributed by atoms with E-state index in [0.717, 1.165) is 30.7 Å². The van der Waals surface area contributed by atoms with Gasteiger partial charge in [-0.2, -0.15) is 4.39 Å². The summed E-state index contributed by atoms with van der Waals surface area (Å²) < 4.78 is 13.2. The number of nitrogens with one attached hydrogen (secondary N) is 1. The van der Waals surface area contributed by atoms with Crippen LogP contribution in [0.25, 0.3) is 0 Å². The zero-order valence-corrected chi connectivity index (χ0v) is 10.8. The predicted octanol–water partition coefficient (Wildman–Crippen LogP) is 3.22. The molecule has 0 aliphatic heterocycles. The van der Waals surface area contributed by atoms with Crippen LogP contribution in [0.2, 0.25) is 0 Å². The highest BCUT2D eigenvalue weighted by atomic mass is 19.1. The van der Waals surface area contributed by atoms with Gasteiger partial charge in [-0.15, -0.1) is 0 Å². The smallest absolute Gasteiger partial charge is 0.306 e. The first-order chi connectivity index (χ1) is 9.60. The molecule has 0 aliphatic rings. The Hall–Kier alpha value is -2.57. The zero-order chi connectivity index (χ0) is 14.5. The first kappa shape index (κ1) is 13.9. The average Bonchev–Trinajstić information content (AvgIpc) is 2.41. The largest absolute Gasteiger partial charge is 0.324 e. The van der Waals surface area contributed by atoms with Gasteiger partial charge in [-0.05, 0) is 24.6 Å². The molecule has 6 nitrogen and oxygen atoms in total. The van der Waals surface area contributed by atoms with Crippen LogP contribution >= 0.6 is 0 Å².